The monoisotopic (exact) mass is 259 g/mol. The van der Waals surface area contributed by atoms with Gasteiger partial charge in [-0.3, -0.25) is 4.68 Å². The van der Waals surface area contributed by atoms with E-state index in [0.717, 1.165) is 12.3 Å². The summed E-state index contributed by atoms with van der Waals surface area (Å²) >= 11 is 0. The molecule has 0 aliphatic rings. The zero-order valence-electron chi connectivity index (χ0n) is 11.7. The van der Waals surface area contributed by atoms with Crippen molar-refractivity contribution < 1.29 is 4.74 Å². The van der Waals surface area contributed by atoms with Crippen molar-refractivity contribution in [1.82, 2.24) is 15.1 Å². The van der Waals surface area contributed by atoms with Crippen molar-refractivity contribution in [3.05, 3.63) is 48.3 Å². The molecule has 0 radical (unpaired) electrons. The second kappa shape index (κ2) is 6.38. The van der Waals surface area contributed by atoms with E-state index in [1.807, 2.05) is 35.3 Å². The Morgan fingerprint density at radius 1 is 1.26 bits per heavy atom. The number of hydrogen-bond donors (Lipinski definition) is 1. The van der Waals surface area contributed by atoms with Crippen LogP contribution in [0.1, 0.15) is 25.5 Å². The molecule has 0 spiro atoms. The second-order valence-corrected chi connectivity index (χ2v) is 4.74. The Bertz CT molecular complexity index is 479. The van der Waals surface area contributed by atoms with Crippen LogP contribution < -0.4 is 10.1 Å². The minimum Gasteiger partial charge on any atom is -0.497 e. The molecular formula is C15H21N3O. The standard InChI is InChI=1S/C15H21N3O/c1-12(13(2)18-10-4-9-17-18)16-11-14-5-7-15(19-3)8-6-14/h4-10,12-13,16H,11H2,1-3H3/t12-,13-/m1/s1. The summed E-state index contributed by atoms with van der Waals surface area (Å²) in [6.45, 7) is 5.19. The molecule has 0 saturated carbocycles. The maximum Gasteiger partial charge on any atom is 0.118 e. The predicted molar refractivity (Wildman–Crippen MR) is 76.2 cm³/mol. The lowest BCUT2D eigenvalue weighted by Gasteiger charge is -2.21. The molecule has 4 heteroatoms. The fourth-order valence-electron chi connectivity index (χ4n) is 1.94. The van der Waals surface area contributed by atoms with Crippen LogP contribution >= 0.6 is 0 Å². The summed E-state index contributed by atoms with van der Waals surface area (Å²) in [5, 5.41) is 7.80. The van der Waals surface area contributed by atoms with Crippen molar-refractivity contribution in [2.24, 2.45) is 0 Å². The van der Waals surface area contributed by atoms with Gasteiger partial charge in [-0.1, -0.05) is 12.1 Å². The van der Waals surface area contributed by atoms with Gasteiger partial charge in [-0.05, 0) is 37.6 Å². The third kappa shape index (κ3) is 3.58. The van der Waals surface area contributed by atoms with E-state index in [0.29, 0.717) is 12.1 Å². The number of nitrogens with one attached hydrogen (secondary N) is 1. The summed E-state index contributed by atoms with van der Waals surface area (Å²) < 4.78 is 7.13. The van der Waals surface area contributed by atoms with E-state index in [2.05, 4.69) is 36.4 Å². The molecule has 1 aromatic heterocycles. The van der Waals surface area contributed by atoms with E-state index in [1.54, 1.807) is 7.11 Å². The van der Waals surface area contributed by atoms with E-state index in [-0.39, 0.29) is 0 Å². The molecule has 0 unspecified atom stereocenters. The fraction of sp³-hybridized carbons (Fsp3) is 0.400. The van der Waals surface area contributed by atoms with E-state index in [1.165, 1.54) is 5.56 Å². The molecule has 2 rings (SSSR count). The molecule has 4 nitrogen and oxygen atoms in total. The molecular weight excluding hydrogens is 238 g/mol. The van der Waals surface area contributed by atoms with E-state index in [4.69, 9.17) is 4.74 Å². The highest BCUT2D eigenvalue weighted by Gasteiger charge is 2.13. The first kappa shape index (κ1) is 13.6. The summed E-state index contributed by atoms with van der Waals surface area (Å²) in [5.41, 5.74) is 1.25. The first-order valence-electron chi connectivity index (χ1n) is 6.56. The maximum atomic E-state index is 5.15. The summed E-state index contributed by atoms with van der Waals surface area (Å²) in [4.78, 5) is 0. The number of hydrogen-bond acceptors (Lipinski definition) is 3. The third-order valence-electron chi connectivity index (χ3n) is 3.45. The van der Waals surface area contributed by atoms with Gasteiger partial charge in [0.1, 0.15) is 5.75 Å². The Hall–Kier alpha value is -1.81. The third-order valence-corrected chi connectivity index (χ3v) is 3.45. The van der Waals surface area contributed by atoms with Crippen molar-refractivity contribution >= 4 is 0 Å². The van der Waals surface area contributed by atoms with Gasteiger partial charge in [0.05, 0.1) is 13.2 Å². The summed E-state index contributed by atoms with van der Waals surface area (Å²) in [5.74, 6) is 0.890. The number of nitrogens with zero attached hydrogens (tertiary/aromatic N) is 2. The molecule has 1 heterocycles. The van der Waals surface area contributed by atoms with Crippen LogP contribution in [-0.2, 0) is 6.54 Å². The minimum atomic E-state index is 0.327. The van der Waals surface area contributed by atoms with Gasteiger partial charge in [0.2, 0.25) is 0 Å². The molecule has 2 atom stereocenters. The number of ether oxygens (including phenoxy) is 1. The van der Waals surface area contributed by atoms with E-state index >= 15 is 0 Å². The zero-order valence-corrected chi connectivity index (χ0v) is 11.7. The Kier molecular flexibility index (Phi) is 4.58. The molecule has 0 aliphatic heterocycles. The van der Waals surface area contributed by atoms with Crippen molar-refractivity contribution in [2.75, 3.05) is 7.11 Å². The van der Waals surface area contributed by atoms with E-state index < -0.39 is 0 Å². The van der Waals surface area contributed by atoms with Crippen LogP contribution in [0.15, 0.2) is 42.7 Å². The Labute approximate surface area is 114 Å². The molecule has 0 fully saturated rings. The summed E-state index contributed by atoms with van der Waals surface area (Å²) in [6, 6.07) is 10.8. The van der Waals surface area contributed by atoms with Crippen LogP contribution in [-0.4, -0.2) is 22.9 Å². The number of aromatic nitrogens is 2. The zero-order chi connectivity index (χ0) is 13.7. The first-order valence-corrected chi connectivity index (χ1v) is 6.56. The topological polar surface area (TPSA) is 39.1 Å². The van der Waals surface area contributed by atoms with Crippen molar-refractivity contribution in [2.45, 2.75) is 32.5 Å². The Morgan fingerprint density at radius 2 is 2.00 bits per heavy atom. The number of methoxy groups -OCH3 is 1. The van der Waals surface area contributed by atoms with Gasteiger partial charge in [0.15, 0.2) is 0 Å². The largest absolute Gasteiger partial charge is 0.497 e. The van der Waals surface area contributed by atoms with Gasteiger partial charge in [-0.25, -0.2) is 0 Å². The first-order chi connectivity index (χ1) is 9.20. The maximum absolute atomic E-state index is 5.15. The fourth-order valence-corrected chi connectivity index (χ4v) is 1.94. The van der Waals surface area contributed by atoms with Gasteiger partial charge in [0, 0.05) is 25.0 Å². The molecule has 0 amide bonds. The molecule has 102 valence electrons. The van der Waals surface area contributed by atoms with Gasteiger partial charge >= 0.3 is 0 Å². The predicted octanol–water partition coefficient (Wildman–Crippen LogP) is 2.63. The van der Waals surface area contributed by atoms with Crippen molar-refractivity contribution in [3.8, 4) is 5.75 Å². The summed E-state index contributed by atoms with van der Waals surface area (Å²) in [6.07, 6.45) is 3.81. The van der Waals surface area contributed by atoms with Crippen LogP contribution in [0, 0.1) is 0 Å². The van der Waals surface area contributed by atoms with Crippen LogP contribution in [0.2, 0.25) is 0 Å². The molecule has 1 aromatic carbocycles. The van der Waals surface area contributed by atoms with E-state index in [9.17, 15) is 0 Å². The number of benzene rings is 1. The molecule has 0 aliphatic carbocycles. The highest BCUT2D eigenvalue weighted by Crippen LogP contribution is 2.13. The quantitative estimate of drug-likeness (QED) is 0.866. The van der Waals surface area contributed by atoms with Gasteiger partial charge in [-0.2, -0.15) is 5.10 Å². The average molecular weight is 259 g/mol. The number of rotatable bonds is 6. The smallest absolute Gasteiger partial charge is 0.118 e. The highest BCUT2D eigenvalue weighted by molar-refractivity contribution is 5.27. The average Bonchev–Trinajstić information content (AvgIpc) is 2.98. The van der Waals surface area contributed by atoms with Gasteiger partial charge in [-0.15, -0.1) is 0 Å². The van der Waals surface area contributed by atoms with Crippen LogP contribution in [0.4, 0.5) is 0 Å². The van der Waals surface area contributed by atoms with Gasteiger partial charge in [0.25, 0.3) is 0 Å². The summed E-state index contributed by atoms with van der Waals surface area (Å²) in [7, 11) is 1.68. The lowest BCUT2D eigenvalue weighted by molar-refractivity contribution is 0.365. The van der Waals surface area contributed by atoms with Crippen LogP contribution in [0.25, 0.3) is 0 Å². The molecule has 0 saturated heterocycles. The molecule has 19 heavy (non-hydrogen) atoms. The van der Waals surface area contributed by atoms with Crippen molar-refractivity contribution in [1.29, 1.82) is 0 Å². The molecule has 0 bridgehead atoms. The SMILES string of the molecule is COc1ccc(CN[C@H](C)[C@@H](C)n2cccn2)cc1. The van der Waals surface area contributed by atoms with Crippen molar-refractivity contribution in [3.63, 3.8) is 0 Å². The van der Waals surface area contributed by atoms with Crippen LogP contribution in [0.5, 0.6) is 5.75 Å². The minimum absolute atomic E-state index is 0.327. The molecule has 2 aromatic rings. The highest BCUT2D eigenvalue weighted by atomic mass is 16.5. The normalized spacial score (nSPS) is 14.1. The molecule has 1 N–H and O–H groups in total. The lowest BCUT2D eigenvalue weighted by atomic mass is 10.1. The Morgan fingerprint density at radius 3 is 2.58 bits per heavy atom. The lowest BCUT2D eigenvalue weighted by Crippen LogP contribution is -2.33. The van der Waals surface area contributed by atoms with Crippen LogP contribution in [0.3, 0.4) is 0 Å². The van der Waals surface area contributed by atoms with Gasteiger partial charge < -0.3 is 10.1 Å². The Balaban J connectivity index is 1.87. The second-order valence-electron chi connectivity index (χ2n) is 4.74.